The second-order valence-electron chi connectivity index (χ2n) is 5.82. The largest absolute Gasteiger partial charge is 0.480 e. The third-order valence-corrected chi connectivity index (χ3v) is 3.15. The molecule has 1 aliphatic carbocycles. The number of carboxylic acids is 1. The van der Waals surface area contributed by atoms with Gasteiger partial charge in [0, 0.05) is 10.2 Å². The van der Waals surface area contributed by atoms with Crippen molar-refractivity contribution in [1.82, 2.24) is 4.90 Å². The lowest BCUT2D eigenvalue weighted by molar-refractivity contribution is -0.142. The summed E-state index contributed by atoms with van der Waals surface area (Å²) in [6.07, 6.45) is -0.478. The number of carbonyl (C=O) groups is 2. The summed E-state index contributed by atoms with van der Waals surface area (Å²) in [6.45, 7) is 2.78. The lowest BCUT2D eigenvalue weighted by atomic mass is 10.0. The van der Waals surface area contributed by atoms with E-state index >= 15 is 0 Å². The summed E-state index contributed by atoms with van der Waals surface area (Å²) in [4.78, 5) is 24.5. The number of carbonyl (C=O) groups excluding carboxylic acids is 1. The van der Waals surface area contributed by atoms with E-state index in [4.69, 9.17) is 8.85 Å². The van der Waals surface area contributed by atoms with Crippen LogP contribution < -0.4 is 0 Å². The normalized spacial score (nSPS) is 38.8. The first-order valence-corrected chi connectivity index (χ1v) is 5.63. The molecule has 5 heteroatoms. The fourth-order valence-electron chi connectivity index (χ4n) is 2.31. The van der Waals surface area contributed by atoms with Gasteiger partial charge in [0.25, 0.3) is 0 Å². The fraction of sp³-hybridized carbons (Fsp3) is 0.833. The Morgan fingerprint density at radius 2 is 2.12 bits per heavy atom. The molecule has 3 atom stereocenters. The van der Waals surface area contributed by atoms with Crippen LogP contribution >= 0.6 is 0 Å². The molecule has 0 radical (unpaired) electrons. The SMILES string of the molecule is [2H]C([2H])([2H])[C@@]12C[C@@H](C(=O)O)N(C(=O)OC(C)(C)C)[C@@H]1C2. The van der Waals surface area contributed by atoms with Crippen LogP contribution in [0.5, 0.6) is 0 Å². The highest BCUT2D eigenvalue weighted by Gasteiger charge is 2.65. The van der Waals surface area contributed by atoms with Gasteiger partial charge < -0.3 is 9.84 Å². The molecule has 0 aromatic carbocycles. The average Bonchev–Trinajstić information content (AvgIpc) is 2.81. The summed E-state index contributed by atoms with van der Waals surface area (Å²) in [5, 5.41) is 9.22. The average molecular weight is 244 g/mol. The van der Waals surface area contributed by atoms with Gasteiger partial charge in [0.05, 0.1) is 0 Å². The zero-order chi connectivity index (χ0) is 15.5. The van der Waals surface area contributed by atoms with E-state index in [1.54, 1.807) is 20.8 Å². The third kappa shape index (κ3) is 2.10. The molecule has 1 heterocycles. The summed E-state index contributed by atoms with van der Waals surface area (Å²) < 4.78 is 27.9. The molecule has 1 aliphatic heterocycles. The summed E-state index contributed by atoms with van der Waals surface area (Å²) in [6, 6.07) is -1.69. The van der Waals surface area contributed by atoms with Gasteiger partial charge >= 0.3 is 12.1 Å². The monoisotopic (exact) mass is 244 g/mol. The van der Waals surface area contributed by atoms with Crippen LogP contribution in [0.1, 0.15) is 44.6 Å². The molecule has 2 fully saturated rings. The molecule has 1 saturated carbocycles. The topological polar surface area (TPSA) is 66.8 Å². The molecule has 0 bridgehead atoms. The first kappa shape index (κ1) is 8.78. The van der Waals surface area contributed by atoms with Crippen molar-refractivity contribution in [2.45, 2.75) is 58.1 Å². The number of hydrogen-bond donors (Lipinski definition) is 1. The molecule has 1 amide bonds. The molecule has 1 saturated heterocycles. The molecule has 0 spiro atoms. The summed E-state index contributed by atoms with van der Waals surface area (Å²) in [5.41, 5.74) is -1.83. The molecule has 2 rings (SSSR count). The van der Waals surface area contributed by atoms with Gasteiger partial charge in [-0.15, -0.1) is 0 Å². The highest BCUT2D eigenvalue weighted by atomic mass is 16.6. The molecular formula is C12H19NO4. The summed E-state index contributed by atoms with van der Waals surface area (Å²) >= 11 is 0. The highest BCUT2D eigenvalue weighted by molar-refractivity contribution is 5.82. The Hall–Kier alpha value is -1.26. The minimum absolute atomic E-state index is 0.0389. The first-order valence-electron chi connectivity index (χ1n) is 7.13. The molecule has 5 nitrogen and oxygen atoms in total. The number of piperidine rings is 1. The zero-order valence-electron chi connectivity index (χ0n) is 13.2. The Labute approximate surface area is 105 Å². The lowest BCUT2D eigenvalue weighted by Gasteiger charge is -2.28. The highest BCUT2D eigenvalue weighted by Crippen LogP contribution is 2.59. The maximum atomic E-state index is 12.1. The number of amides is 1. The van der Waals surface area contributed by atoms with E-state index < -0.39 is 42.0 Å². The van der Waals surface area contributed by atoms with E-state index in [-0.39, 0.29) is 6.42 Å². The van der Waals surface area contributed by atoms with Crippen molar-refractivity contribution in [3.05, 3.63) is 0 Å². The van der Waals surface area contributed by atoms with Crippen molar-refractivity contribution in [2.75, 3.05) is 0 Å². The van der Waals surface area contributed by atoms with Crippen LogP contribution in [0.25, 0.3) is 0 Å². The number of fused-ring (bicyclic) bond motifs is 1. The summed E-state index contributed by atoms with van der Waals surface area (Å²) in [5.74, 6) is -1.19. The minimum atomic E-state index is -2.26. The van der Waals surface area contributed by atoms with Crippen LogP contribution in [0.3, 0.4) is 0 Å². The van der Waals surface area contributed by atoms with Crippen LogP contribution in [0.2, 0.25) is 0 Å². The Balaban J connectivity index is 2.24. The van der Waals surface area contributed by atoms with Crippen LogP contribution in [-0.2, 0) is 9.53 Å². The van der Waals surface area contributed by atoms with Crippen molar-refractivity contribution in [3.63, 3.8) is 0 Å². The predicted octanol–water partition coefficient (Wildman–Crippen LogP) is 1.86. The minimum Gasteiger partial charge on any atom is -0.480 e. The van der Waals surface area contributed by atoms with Gasteiger partial charge in [-0.3, -0.25) is 4.90 Å². The van der Waals surface area contributed by atoms with Gasteiger partial charge in [0.15, 0.2) is 0 Å². The van der Waals surface area contributed by atoms with Gasteiger partial charge in [-0.05, 0) is 39.0 Å². The second kappa shape index (κ2) is 3.37. The quantitative estimate of drug-likeness (QED) is 0.764. The number of carboxylic acid groups (broad SMARTS) is 1. The van der Waals surface area contributed by atoms with Crippen LogP contribution in [-0.4, -0.2) is 39.8 Å². The van der Waals surface area contributed by atoms with Crippen molar-refractivity contribution >= 4 is 12.1 Å². The second-order valence-corrected chi connectivity index (χ2v) is 5.82. The van der Waals surface area contributed by atoms with Gasteiger partial charge in [-0.25, -0.2) is 9.59 Å². The van der Waals surface area contributed by atoms with Crippen molar-refractivity contribution < 1.29 is 23.5 Å². The number of nitrogens with zero attached hydrogens (tertiary/aromatic N) is 1. The Kier molecular flexibility index (Phi) is 1.74. The van der Waals surface area contributed by atoms with Crippen molar-refractivity contribution in [1.29, 1.82) is 0 Å². The van der Waals surface area contributed by atoms with Gasteiger partial charge in [-0.2, -0.15) is 0 Å². The number of hydrogen-bond acceptors (Lipinski definition) is 3. The summed E-state index contributed by atoms with van der Waals surface area (Å²) in [7, 11) is 0. The van der Waals surface area contributed by atoms with E-state index in [0.29, 0.717) is 6.42 Å². The molecule has 96 valence electrons. The maximum Gasteiger partial charge on any atom is 0.411 e. The van der Waals surface area contributed by atoms with Gasteiger partial charge in [-0.1, -0.05) is 6.85 Å². The van der Waals surface area contributed by atoms with E-state index in [2.05, 4.69) is 0 Å². The maximum absolute atomic E-state index is 12.1. The Morgan fingerprint density at radius 3 is 2.59 bits per heavy atom. The first-order chi connectivity index (χ1) is 8.89. The number of ether oxygens (including phenoxy) is 1. The molecule has 2 aliphatic rings. The van der Waals surface area contributed by atoms with Gasteiger partial charge in [0.1, 0.15) is 11.6 Å². The van der Waals surface area contributed by atoms with E-state index in [1.165, 1.54) is 0 Å². The third-order valence-electron chi connectivity index (χ3n) is 3.15. The number of aliphatic carboxylic acids is 1. The molecule has 0 aromatic heterocycles. The van der Waals surface area contributed by atoms with Crippen LogP contribution in [0.15, 0.2) is 0 Å². The van der Waals surface area contributed by atoms with Crippen LogP contribution in [0.4, 0.5) is 4.79 Å². The Bertz CT molecular complexity index is 457. The van der Waals surface area contributed by atoms with Gasteiger partial charge in [0.2, 0.25) is 0 Å². The van der Waals surface area contributed by atoms with Crippen molar-refractivity contribution in [3.8, 4) is 0 Å². The standard InChI is InChI=1S/C12H19NO4/c1-11(2,3)17-10(16)13-7(9(14)15)5-12(4)6-8(12)13/h7-8H,5-6H2,1-4H3,(H,14,15)/t7-,8+,12-/m0/s1/i4D3. The zero-order valence-corrected chi connectivity index (χ0v) is 10.2. The van der Waals surface area contributed by atoms with Crippen molar-refractivity contribution in [2.24, 2.45) is 5.41 Å². The van der Waals surface area contributed by atoms with Crippen LogP contribution in [0, 0.1) is 5.41 Å². The van der Waals surface area contributed by atoms with E-state index in [0.717, 1.165) is 4.90 Å². The Morgan fingerprint density at radius 1 is 1.47 bits per heavy atom. The number of likely N-dealkylation sites (tertiary alicyclic amines) is 1. The number of rotatable bonds is 1. The smallest absolute Gasteiger partial charge is 0.411 e. The molecular weight excluding hydrogens is 222 g/mol. The lowest BCUT2D eigenvalue weighted by Crippen LogP contribution is -2.45. The fourth-order valence-corrected chi connectivity index (χ4v) is 2.31. The molecule has 17 heavy (non-hydrogen) atoms. The molecule has 0 aromatic rings. The van der Waals surface area contributed by atoms with E-state index in [1.807, 2.05) is 0 Å². The molecule has 1 N–H and O–H groups in total. The van der Waals surface area contributed by atoms with E-state index in [9.17, 15) is 14.7 Å². The molecule has 0 unspecified atom stereocenters. The predicted molar refractivity (Wildman–Crippen MR) is 60.6 cm³/mol.